The summed E-state index contributed by atoms with van der Waals surface area (Å²) < 4.78 is 0. The van der Waals surface area contributed by atoms with Gasteiger partial charge in [-0.15, -0.1) is 0 Å². The lowest BCUT2D eigenvalue weighted by Crippen LogP contribution is -2.56. The Morgan fingerprint density at radius 2 is 1.26 bits per heavy atom. The van der Waals surface area contributed by atoms with Gasteiger partial charge in [-0.25, -0.2) is 4.99 Å². The van der Waals surface area contributed by atoms with Crippen molar-refractivity contribution in [2.24, 2.45) is 46.2 Å². The van der Waals surface area contributed by atoms with Crippen molar-refractivity contribution in [2.75, 3.05) is 14.1 Å². The third kappa shape index (κ3) is 13.5. The number of nitrogens with one attached hydrogen (secondary N) is 1. The van der Waals surface area contributed by atoms with Crippen molar-refractivity contribution in [3.63, 3.8) is 0 Å². The molecule has 0 radical (unpaired) electrons. The highest BCUT2D eigenvalue weighted by Crippen LogP contribution is 2.33. The first kappa shape index (κ1) is 49.1. The van der Waals surface area contributed by atoms with E-state index in [1.165, 1.54) is 37.7 Å². The number of amides is 5. The van der Waals surface area contributed by atoms with Crippen LogP contribution in [0.15, 0.2) is 65.7 Å². The molecule has 2 rings (SSSR count). The summed E-state index contributed by atoms with van der Waals surface area (Å²) in [5.74, 6) is -8.13. The molecule has 318 valence electrons. The fraction of sp³-hybridized carbons (Fsp3) is 0.556. The van der Waals surface area contributed by atoms with E-state index < -0.39 is 83.4 Å². The fourth-order valence-corrected chi connectivity index (χ4v) is 7.29. The van der Waals surface area contributed by atoms with Crippen molar-refractivity contribution in [2.45, 2.75) is 112 Å². The van der Waals surface area contributed by atoms with E-state index >= 15 is 0 Å². The molecule has 0 aliphatic heterocycles. The smallest absolute Gasteiger partial charge is 0.269 e. The summed E-state index contributed by atoms with van der Waals surface area (Å²) in [7, 11) is 2.87. The molecule has 2 aromatic rings. The lowest BCUT2D eigenvalue weighted by Gasteiger charge is -2.34. The lowest BCUT2D eigenvalue weighted by atomic mass is 9.71. The minimum Gasteiger partial charge on any atom is -0.391 e. The van der Waals surface area contributed by atoms with Crippen LogP contribution < -0.4 is 11.1 Å². The van der Waals surface area contributed by atoms with Crippen LogP contribution in [-0.2, 0) is 46.4 Å². The van der Waals surface area contributed by atoms with Crippen LogP contribution in [0.5, 0.6) is 0 Å². The van der Waals surface area contributed by atoms with Gasteiger partial charge in [0.05, 0.1) is 12.1 Å². The Balaban J connectivity index is 2.58. The molecule has 0 fully saturated rings. The van der Waals surface area contributed by atoms with E-state index in [2.05, 4.69) is 10.3 Å². The van der Waals surface area contributed by atoms with Gasteiger partial charge < -0.3 is 26.0 Å². The van der Waals surface area contributed by atoms with Crippen molar-refractivity contribution < 1.29 is 38.7 Å². The molecule has 5 amide bonds. The molecule has 0 saturated heterocycles. The molecule has 13 nitrogen and oxygen atoms in total. The van der Waals surface area contributed by atoms with E-state index in [4.69, 9.17) is 5.73 Å². The Bertz CT molecular complexity index is 1760. The molecular formula is C45H65N5O8. The first-order chi connectivity index (χ1) is 27.1. The summed E-state index contributed by atoms with van der Waals surface area (Å²) in [6.45, 7) is 14.9. The van der Waals surface area contributed by atoms with Crippen LogP contribution in [0, 0.1) is 35.5 Å². The number of carbonyl (C=O) groups excluding carboxylic acids is 7. The van der Waals surface area contributed by atoms with Gasteiger partial charge in [-0.05, 0) is 50.2 Å². The van der Waals surface area contributed by atoms with Gasteiger partial charge in [-0.3, -0.25) is 33.6 Å². The number of hydrogen-bond acceptors (Lipinski definition) is 8. The van der Waals surface area contributed by atoms with E-state index in [0.29, 0.717) is 0 Å². The number of primary amides is 1. The maximum absolute atomic E-state index is 14.9. The van der Waals surface area contributed by atoms with Crippen molar-refractivity contribution in [1.29, 1.82) is 0 Å². The fourth-order valence-electron chi connectivity index (χ4n) is 7.29. The Morgan fingerprint density at radius 3 is 1.69 bits per heavy atom. The molecule has 0 aliphatic rings. The average molecular weight is 804 g/mol. The molecule has 2 aromatic carbocycles. The first-order valence-corrected chi connectivity index (χ1v) is 20.2. The summed E-state index contributed by atoms with van der Waals surface area (Å²) in [4.78, 5) is 102. The highest BCUT2D eigenvalue weighted by atomic mass is 16.3. The largest absolute Gasteiger partial charge is 0.391 e. The summed E-state index contributed by atoms with van der Waals surface area (Å²) in [5, 5.41) is 12.7. The number of nitrogens with zero attached hydrogens (tertiary/aromatic N) is 3. The molecular weight excluding hydrogens is 739 g/mol. The Labute approximate surface area is 344 Å². The normalized spacial score (nSPS) is 15.9. The number of aliphatic imine (C=N–C) groups is 1. The van der Waals surface area contributed by atoms with Gasteiger partial charge in [-0.2, -0.15) is 0 Å². The van der Waals surface area contributed by atoms with Crippen LogP contribution in [0.4, 0.5) is 0 Å². The van der Waals surface area contributed by atoms with Crippen LogP contribution in [0.2, 0.25) is 0 Å². The zero-order valence-electron chi connectivity index (χ0n) is 36.1. The summed E-state index contributed by atoms with van der Waals surface area (Å²) in [6.07, 6.45) is -0.374. The van der Waals surface area contributed by atoms with E-state index in [0.717, 1.165) is 11.1 Å². The second kappa shape index (κ2) is 22.8. The number of aliphatic hydroxyl groups is 1. The quantitative estimate of drug-likeness (QED) is 0.147. The lowest BCUT2D eigenvalue weighted by molar-refractivity contribution is -0.146. The molecule has 0 heterocycles. The number of Topliss-reactive ketones (excluding diaryl/α,β-unsaturated/α-hetero) is 2. The zero-order valence-corrected chi connectivity index (χ0v) is 36.1. The Hall–Kier alpha value is -5.04. The third-order valence-electron chi connectivity index (χ3n) is 10.9. The number of carbonyl (C=O) groups is 7. The highest BCUT2D eigenvalue weighted by molar-refractivity contribution is 6.41. The molecule has 5 unspecified atom stereocenters. The maximum Gasteiger partial charge on any atom is 0.269 e. The average Bonchev–Trinajstić information content (AvgIpc) is 3.18. The van der Waals surface area contributed by atoms with E-state index in [1.54, 1.807) is 34.6 Å². The number of benzene rings is 2. The molecule has 4 N–H and O–H groups in total. The van der Waals surface area contributed by atoms with Crippen molar-refractivity contribution in [3.8, 4) is 0 Å². The van der Waals surface area contributed by atoms with Gasteiger partial charge in [0, 0.05) is 57.0 Å². The van der Waals surface area contributed by atoms with Gasteiger partial charge in [0.25, 0.3) is 5.91 Å². The number of hydrogen-bond donors (Lipinski definition) is 3. The molecule has 0 saturated carbocycles. The van der Waals surface area contributed by atoms with Crippen LogP contribution in [-0.4, -0.2) is 100 Å². The number of aliphatic hydroxyl groups excluding tert-OH is 1. The minimum atomic E-state index is -1.28. The van der Waals surface area contributed by atoms with E-state index in [-0.39, 0.29) is 48.9 Å². The number of likely N-dealkylation sites (N-methyl/N-ethyl adjacent to an activating group) is 2. The predicted molar refractivity (Wildman–Crippen MR) is 224 cm³/mol. The van der Waals surface area contributed by atoms with Crippen molar-refractivity contribution in [3.05, 3.63) is 71.8 Å². The molecule has 0 bridgehead atoms. The molecule has 8 atom stereocenters. The van der Waals surface area contributed by atoms with Crippen LogP contribution in [0.3, 0.4) is 0 Å². The third-order valence-corrected chi connectivity index (χ3v) is 10.9. The van der Waals surface area contributed by atoms with Crippen molar-refractivity contribution >= 4 is 46.8 Å². The van der Waals surface area contributed by atoms with Crippen molar-refractivity contribution in [1.82, 2.24) is 15.1 Å². The summed E-state index contributed by atoms with van der Waals surface area (Å²) >= 11 is 0. The molecule has 0 aliphatic carbocycles. The SMILES string of the molecule is CCC(C(=O)C(C)N(C)C(=O)[C@@H](NC(C)=O)C(C)O)C(Cc1ccccc1)C(=O)C(C)[C@@H](CC(C)C)C(=O)N=C(C(=O)N(C)[C@@H](Cc1ccccc1)C(N)=O)C(C)C. The van der Waals surface area contributed by atoms with E-state index in [9.17, 15) is 38.7 Å². The van der Waals surface area contributed by atoms with Gasteiger partial charge in [0.1, 0.15) is 23.6 Å². The maximum atomic E-state index is 14.9. The summed E-state index contributed by atoms with van der Waals surface area (Å²) in [6, 6.07) is 15.0. The number of ketones is 2. The van der Waals surface area contributed by atoms with Gasteiger partial charge in [0.15, 0.2) is 5.78 Å². The number of rotatable bonds is 22. The molecule has 0 spiro atoms. The van der Waals surface area contributed by atoms with Gasteiger partial charge >= 0.3 is 0 Å². The first-order valence-electron chi connectivity index (χ1n) is 20.2. The molecule has 13 heteroatoms. The Morgan fingerprint density at radius 1 is 0.741 bits per heavy atom. The molecule has 58 heavy (non-hydrogen) atoms. The van der Waals surface area contributed by atoms with Gasteiger partial charge in [0.2, 0.25) is 23.6 Å². The predicted octanol–water partition coefficient (Wildman–Crippen LogP) is 4.22. The van der Waals surface area contributed by atoms with Crippen LogP contribution in [0.1, 0.15) is 86.3 Å². The topological polar surface area (TPSA) is 197 Å². The monoisotopic (exact) mass is 803 g/mol. The van der Waals surface area contributed by atoms with Gasteiger partial charge in [-0.1, -0.05) is 102 Å². The second-order valence-corrected chi connectivity index (χ2v) is 16.2. The standard InChI is InChI=1S/C45H65N5O8/c1-12-34(41(54)29(7)49(10)45(58)39(30(8)51)47-31(9)52)36(24-32-19-15-13-16-20-32)40(53)28(6)35(23-26(2)3)43(56)48-38(27(4)5)44(57)50(11)37(42(46)55)25-33-21-17-14-18-22-33/h13-22,26-30,34-37,39,51H,12,23-25H2,1-11H3,(H2,46,55)(H,47,52)/t28?,29?,30?,34?,35-,36?,37+,39+/m1/s1. The minimum absolute atomic E-state index is 0.0493. The van der Waals surface area contributed by atoms with Crippen LogP contribution in [0.25, 0.3) is 0 Å². The summed E-state index contributed by atoms with van der Waals surface area (Å²) in [5.41, 5.74) is 7.29. The molecule has 0 aromatic heterocycles. The highest BCUT2D eigenvalue weighted by Gasteiger charge is 2.42. The van der Waals surface area contributed by atoms with Crippen LogP contribution >= 0.6 is 0 Å². The van der Waals surface area contributed by atoms with E-state index in [1.807, 2.05) is 74.5 Å². The Kier molecular flexibility index (Phi) is 19.3. The number of nitrogens with two attached hydrogens (primary N) is 1. The second-order valence-electron chi connectivity index (χ2n) is 16.2. The zero-order chi connectivity index (χ0) is 44.0.